The Hall–Kier alpha value is -4.47. The molecule has 0 fully saturated rings. The highest BCUT2D eigenvalue weighted by Crippen LogP contribution is 2.41. The summed E-state index contributed by atoms with van der Waals surface area (Å²) in [6.07, 6.45) is -7.42. The molecule has 4 aromatic rings. The summed E-state index contributed by atoms with van der Waals surface area (Å²) in [5, 5.41) is 15.7. The van der Waals surface area contributed by atoms with Crippen molar-refractivity contribution < 1.29 is 50.5 Å². The van der Waals surface area contributed by atoms with E-state index in [0.29, 0.717) is 5.69 Å². The standard InChI is InChI=1S/C21H16F4N4O3.C2HF3O2/c1-28-15-5-2-10(22)8-13(15)17(21(23,24)25)16(19(28)30)12-4-3-11(9-14(26)20(31)32)29-7-6-27-18(12)29;3-2(4,5)1(6)7/h2-8,14H,9,26H2,1H3,(H,31,32);(H,6,7). The van der Waals surface area contributed by atoms with Gasteiger partial charge in [-0.2, -0.15) is 26.3 Å². The highest BCUT2D eigenvalue weighted by molar-refractivity contribution is 5.92. The van der Waals surface area contributed by atoms with E-state index in [-0.39, 0.29) is 23.1 Å². The number of aryl methyl sites for hydroxylation is 1. The van der Waals surface area contributed by atoms with Crippen molar-refractivity contribution in [3.8, 4) is 11.1 Å². The second kappa shape index (κ2) is 10.4. The normalized spacial score (nSPS) is 12.7. The van der Waals surface area contributed by atoms with E-state index in [1.165, 1.54) is 36.0 Å². The van der Waals surface area contributed by atoms with Crippen LogP contribution in [0.2, 0.25) is 0 Å². The number of carboxylic acid groups (broad SMARTS) is 2. The van der Waals surface area contributed by atoms with Crippen molar-refractivity contribution in [3.63, 3.8) is 0 Å². The Bertz CT molecular complexity index is 1640. The average Bonchev–Trinajstić information content (AvgIpc) is 3.31. The lowest BCUT2D eigenvalue weighted by Gasteiger charge is -2.19. The molecule has 1 unspecified atom stereocenters. The maximum Gasteiger partial charge on any atom is 0.490 e. The van der Waals surface area contributed by atoms with Gasteiger partial charge in [-0.1, -0.05) is 0 Å². The molecule has 1 aromatic carbocycles. The van der Waals surface area contributed by atoms with Gasteiger partial charge in [0, 0.05) is 42.5 Å². The molecule has 0 bridgehead atoms. The second-order valence-corrected chi connectivity index (χ2v) is 8.08. The van der Waals surface area contributed by atoms with E-state index < -0.39 is 58.2 Å². The zero-order valence-corrected chi connectivity index (χ0v) is 19.5. The quantitative estimate of drug-likeness (QED) is 0.323. The van der Waals surface area contributed by atoms with Crippen LogP contribution in [0, 0.1) is 5.82 Å². The summed E-state index contributed by atoms with van der Waals surface area (Å²) in [4.78, 5) is 37.2. The lowest BCUT2D eigenvalue weighted by Crippen LogP contribution is -2.33. The van der Waals surface area contributed by atoms with Crippen LogP contribution < -0.4 is 11.3 Å². The first-order valence-corrected chi connectivity index (χ1v) is 10.6. The average molecular weight is 562 g/mol. The largest absolute Gasteiger partial charge is 0.490 e. The zero-order valence-electron chi connectivity index (χ0n) is 19.5. The van der Waals surface area contributed by atoms with Crippen LogP contribution in [0.3, 0.4) is 0 Å². The summed E-state index contributed by atoms with van der Waals surface area (Å²) in [5.41, 5.74) is 2.91. The van der Waals surface area contributed by atoms with Crippen LogP contribution in [0.15, 0.2) is 47.5 Å². The van der Waals surface area contributed by atoms with E-state index in [9.17, 15) is 40.3 Å². The van der Waals surface area contributed by atoms with Crippen molar-refractivity contribution in [1.82, 2.24) is 14.0 Å². The number of imidazole rings is 1. The number of benzene rings is 1. The molecule has 0 saturated carbocycles. The van der Waals surface area contributed by atoms with E-state index in [4.69, 9.17) is 20.7 Å². The Morgan fingerprint density at radius 2 is 1.69 bits per heavy atom. The fraction of sp³-hybridized carbons (Fsp3) is 0.217. The summed E-state index contributed by atoms with van der Waals surface area (Å²) in [6, 6.07) is 4.26. The predicted octanol–water partition coefficient (Wildman–Crippen LogP) is 3.60. The molecule has 0 aliphatic carbocycles. The Labute approximate surface area is 212 Å². The van der Waals surface area contributed by atoms with E-state index in [2.05, 4.69) is 4.98 Å². The number of nitrogens with zero attached hydrogens (tertiary/aromatic N) is 3. The van der Waals surface area contributed by atoms with Crippen LogP contribution in [0.25, 0.3) is 27.7 Å². The van der Waals surface area contributed by atoms with E-state index in [0.717, 1.165) is 22.8 Å². The summed E-state index contributed by atoms with van der Waals surface area (Å²) >= 11 is 0. The maximum absolute atomic E-state index is 14.2. The number of pyridine rings is 2. The maximum atomic E-state index is 14.2. The van der Waals surface area contributed by atoms with Gasteiger partial charge in [-0.05, 0) is 30.3 Å². The fourth-order valence-electron chi connectivity index (χ4n) is 3.81. The van der Waals surface area contributed by atoms with Crippen molar-refractivity contribution in [1.29, 1.82) is 0 Å². The highest BCUT2D eigenvalue weighted by atomic mass is 19.4. The van der Waals surface area contributed by atoms with Crippen molar-refractivity contribution in [2.24, 2.45) is 12.8 Å². The third-order valence-corrected chi connectivity index (χ3v) is 5.53. The first-order valence-electron chi connectivity index (χ1n) is 10.6. The Kier molecular flexibility index (Phi) is 7.73. The van der Waals surface area contributed by atoms with Gasteiger partial charge < -0.3 is 24.9 Å². The minimum absolute atomic E-state index is 0.0124. The predicted molar refractivity (Wildman–Crippen MR) is 121 cm³/mol. The molecular formula is C23H17F7N4O5. The number of carbonyl (C=O) groups is 2. The fourth-order valence-corrected chi connectivity index (χ4v) is 3.81. The zero-order chi connectivity index (χ0) is 29.4. The first-order chi connectivity index (χ1) is 17.9. The van der Waals surface area contributed by atoms with Gasteiger partial charge >= 0.3 is 24.3 Å². The van der Waals surface area contributed by atoms with Crippen LogP contribution in [-0.2, 0) is 29.2 Å². The molecule has 0 spiro atoms. The van der Waals surface area contributed by atoms with Crippen molar-refractivity contribution in [3.05, 3.63) is 70.2 Å². The SMILES string of the molecule is Cn1c(=O)c(-c2ccc(CC(N)C(=O)O)n3ccnc23)c(C(F)(F)F)c2cc(F)ccc21.O=C(O)C(F)(F)F. The third-order valence-electron chi connectivity index (χ3n) is 5.53. The van der Waals surface area contributed by atoms with Crippen LogP contribution in [0.1, 0.15) is 11.3 Å². The highest BCUT2D eigenvalue weighted by Gasteiger charge is 2.39. The van der Waals surface area contributed by atoms with Gasteiger partial charge in [0.2, 0.25) is 0 Å². The third kappa shape index (κ3) is 5.84. The number of carboxylic acids is 2. The number of hydrogen-bond acceptors (Lipinski definition) is 5. The van der Waals surface area contributed by atoms with Gasteiger partial charge in [0.15, 0.2) is 0 Å². The Balaban J connectivity index is 0.000000532. The minimum atomic E-state index is -5.08. The number of nitrogens with two attached hydrogens (primary N) is 1. The molecule has 0 radical (unpaired) electrons. The topological polar surface area (TPSA) is 140 Å². The summed E-state index contributed by atoms with van der Waals surface area (Å²) in [7, 11) is 1.30. The van der Waals surface area contributed by atoms with Crippen LogP contribution in [-0.4, -0.2) is 48.3 Å². The number of aliphatic carboxylic acids is 2. The molecule has 3 aromatic heterocycles. The monoisotopic (exact) mass is 562 g/mol. The summed E-state index contributed by atoms with van der Waals surface area (Å²) < 4.78 is 90.6. The second-order valence-electron chi connectivity index (χ2n) is 8.08. The molecule has 3 heterocycles. The van der Waals surface area contributed by atoms with Gasteiger partial charge in [-0.25, -0.2) is 14.2 Å². The summed E-state index contributed by atoms with van der Waals surface area (Å²) in [5.74, 6) is -4.88. The van der Waals surface area contributed by atoms with Gasteiger partial charge in [0.05, 0.1) is 16.6 Å². The number of aromatic nitrogens is 3. The number of rotatable bonds is 4. The molecule has 9 nitrogen and oxygen atoms in total. The molecule has 0 aliphatic heterocycles. The van der Waals surface area contributed by atoms with Gasteiger partial charge in [0.25, 0.3) is 5.56 Å². The Morgan fingerprint density at radius 3 is 2.23 bits per heavy atom. The molecular weight excluding hydrogens is 545 g/mol. The number of fused-ring (bicyclic) bond motifs is 2. The molecule has 4 N–H and O–H groups in total. The van der Waals surface area contributed by atoms with Crippen molar-refractivity contribution in [2.45, 2.75) is 24.8 Å². The number of alkyl halides is 6. The van der Waals surface area contributed by atoms with Crippen molar-refractivity contribution in [2.75, 3.05) is 0 Å². The van der Waals surface area contributed by atoms with Crippen LogP contribution in [0.4, 0.5) is 30.7 Å². The molecule has 208 valence electrons. The van der Waals surface area contributed by atoms with E-state index in [1.807, 2.05) is 0 Å². The smallest absolute Gasteiger partial charge is 0.480 e. The molecule has 4 rings (SSSR count). The molecule has 0 saturated heterocycles. The van der Waals surface area contributed by atoms with Crippen LogP contribution >= 0.6 is 0 Å². The van der Waals surface area contributed by atoms with Gasteiger partial charge in [-0.15, -0.1) is 0 Å². The molecule has 0 amide bonds. The van der Waals surface area contributed by atoms with Gasteiger partial charge in [0.1, 0.15) is 17.5 Å². The Morgan fingerprint density at radius 1 is 1.08 bits per heavy atom. The first kappa shape index (κ1) is 29.1. The lowest BCUT2D eigenvalue weighted by atomic mass is 9.96. The van der Waals surface area contributed by atoms with E-state index >= 15 is 0 Å². The van der Waals surface area contributed by atoms with E-state index in [1.54, 1.807) is 0 Å². The van der Waals surface area contributed by atoms with Crippen molar-refractivity contribution >= 4 is 28.5 Å². The van der Waals surface area contributed by atoms with Crippen LogP contribution in [0.5, 0.6) is 0 Å². The lowest BCUT2D eigenvalue weighted by molar-refractivity contribution is -0.192. The molecule has 16 heteroatoms. The number of hydrogen-bond donors (Lipinski definition) is 3. The minimum Gasteiger partial charge on any atom is -0.480 e. The molecule has 0 aliphatic rings. The summed E-state index contributed by atoms with van der Waals surface area (Å²) in [6.45, 7) is 0. The van der Waals surface area contributed by atoms with Gasteiger partial charge in [-0.3, -0.25) is 9.59 Å². The number of halogens is 7. The molecule has 1 atom stereocenters. The molecule has 39 heavy (non-hydrogen) atoms.